The Morgan fingerprint density at radius 2 is 2.15 bits per heavy atom. The monoisotopic (exact) mass is 333 g/mol. The predicted molar refractivity (Wildman–Crippen MR) is 82.5 cm³/mol. The van der Waals surface area contributed by atoms with Crippen LogP contribution in [0.2, 0.25) is 0 Å². The Bertz CT molecular complexity index is 737. The Morgan fingerprint density at radius 3 is 2.80 bits per heavy atom. The topological polar surface area (TPSA) is 50.2 Å². The summed E-state index contributed by atoms with van der Waals surface area (Å²) in [7, 11) is 0. The van der Waals surface area contributed by atoms with E-state index in [0.29, 0.717) is 16.9 Å². The second kappa shape index (κ2) is 4.29. The number of halogens is 1. The quantitative estimate of drug-likeness (QED) is 0.836. The van der Waals surface area contributed by atoms with Crippen LogP contribution < -0.4 is 0 Å². The molecule has 3 rings (SSSR count). The molecule has 2 aromatic rings. The minimum absolute atomic E-state index is 0.154. The number of pyridine rings is 1. The van der Waals surface area contributed by atoms with Crippen LogP contribution in [0.3, 0.4) is 0 Å². The summed E-state index contributed by atoms with van der Waals surface area (Å²) in [6, 6.07) is 5.64. The number of nitrogens with zero attached hydrogens (tertiary/aromatic N) is 1. The fraction of sp³-hybridized carbons (Fsp3) is 0.375. The van der Waals surface area contributed by atoms with Crippen molar-refractivity contribution in [1.82, 2.24) is 4.98 Å². The van der Waals surface area contributed by atoms with Crippen LogP contribution in [0, 0.1) is 0 Å². The summed E-state index contributed by atoms with van der Waals surface area (Å²) in [6.07, 6.45) is 0.934. The van der Waals surface area contributed by atoms with Gasteiger partial charge in [0.2, 0.25) is 0 Å². The Hall–Kier alpha value is -1.42. The second-order valence-corrected chi connectivity index (χ2v) is 7.03. The van der Waals surface area contributed by atoms with Crippen molar-refractivity contribution >= 4 is 32.8 Å². The van der Waals surface area contributed by atoms with E-state index in [9.17, 15) is 9.90 Å². The van der Waals surface area contributed by atoms with Crippen molar-refractivity contribution in [2.45, 2.75) is 38.5 Å². The Labute approximate surface area is 126 Å². The molecule has 1 atom stereocenters. The molecule has 0 aliphatic heterocycles. The molecule has 0 saturated heterocycles. The number of rotatable bonds is 1. The highest BCUT2D eigenvalue weighted by Crippen LogP contribution is 2.48. The normalized spacial score (nSPS) is 20.1. The lowest BCUT2D eigenvalue weighted by Gasteiger charge is -2.22. The number of hydrogen-bond donors (Lipinski definition) is 1. The first-order chi connectivity index (χ1) is 9.33. The number of hydrogen-bond acceptors (Lipinski definition) is 2. The van der Waals surface area contributed by atoms with Gasteiger partial charge in [-0.15, -0.1) is 0 Å². The molecule has 0 radical (unpaired) electrons. The van der Waals surface area contributed by atoms with Gasteiger partial charge in [-0.25, -0.2) is 4.79 Å². The first-order valence-electron chi connectivity index (χ1n) is 6.69. The number of aromatic carboxylic acids is 1. The fourth-order valence-corrected chi connectivity index (χ4v) is 4.07. The van der Waals surface area contributed by atoms with Crippen LogP contribution >= 0.6 is 15.9 Å². The van der Waals surface area contributed by atoms with Crippen molar-refractivity contribution in [2.24, 2.45) is 0 Å². The van der Waals surface area contributed by atoms with Gasteiger partial charge < -0.3 is 5.11 Å². The number of carboxylic acids is 1. The molecule has 1 aliphatic carbocycles. The first-order valence-corrected chi connectivity index (χ1v) is 7.48. The highest BCUT2D eigenvalue weighted by atomic mass is 79.9. The molecule has 1 aromatic heterocycles. The Kier molecular flexibility index (Phi) is 2.91. The average molecular weight is 334 g/mol. The van der Waals surface area contributed by atoms with Crippen LogP contribution in [-0.4, -0.2) is 16.1 Å². The van der Waals surface area contributed by atoms with E-state index < -0.39 is 5.97 Å². The van der Waals surface area contributed by atoms with Gasteiger partial charge in [0.25, 0.3) is 0 Å². The van der Waals surface area contributed by atoms with Gasteiger partial charge in [-0.3, -0.25) is 4.98 Å². The largest absolute Gasteiger partial charge is 0.478 e. The molecule has 0 amide bonds. The third-order valence-corrected chi connectivity index (χ3v) is 4.82. The van der Waals surface area contributed by atoms with Crippen LogP contribution in [0.15, 0.2) is 22.7 Å². The molecule has 104 valence electrons. The SMILES string of the molecule is CC1CC(C)(C)c2c1nc1cccc(Br)c1c2C(=O)O. The van der Waals surface area contributed by atoms with E-state index in [4.69, 9.17) is 4.98 Å². The zero-order valence-corrected chi connectivity index (χ0v) is 13.3. The summed E-state index contributed by atoms with van der Waals surface area (Å²) >= 11 is 3.47. The molecular formula is C16H16BrNO2. The smallest absolute Gasteiger partial charge is 0.336 e. The van der Waals surface area contributed by atoms with E-state index in [1.807, 2.05) is 18.2 Å². The Balaban J connectivity index is 2.54. The average Bonchev–Trinajstić information content (AvgIpc) is 2.57. The zero-order valence-electron chi connectivity index (χ0n) is 11.7. The summed E-state index contributed by atoms with van der Waals surface area (Å²) in [5, 5.41) is 10.5. The van der Waals surface area contributed by atoms with Crippen molar-refractivity contribution in [1.29, 1.82) is 0 Å². The van der Waals surface area contributed by atoms with Gasteiger partial charge >= 0.3 is 5.97 Å². The predicted octanol–water partition coefficient (Wildman–Crippen LogP) is 4.48. The van der Waals surface area contributed by atoms with E-state index in [1.165, 1.54) is 0 Å². The van der Waals surface area contributed by atoms with E-state index >= 15 is 0 Å². The molecule has 0 saturated carbocycles. The minimum atomic E-state index is -0.872. The lowest BCUT2D eigenvalue weighted by molar-refractivity contribution is 0.0696. The standard InChI is InChI=1S/C16H16BrNO2/c1-8-7-16(2,3)13-12(15(19)20)11-9(17)5-4-6-10(11)18-14(8)13/h4-6,8H,7H2,1-3H3,(H,19,20). The summed E-state index contributed by atoms with van der Waals surface area (Å²) in [4.78, 5) is 16.6. The van der Waals surface area contributed by atoms with Gasteiger partial charge in [0.05, 0.1) is 11.1 Å². The molecule has 1 aliphatic rings. The summed E-state index contributed by atoms with van der Waals surface area (Å²) in [5.74, 6) is -0.579. The van der Waals surface area contributed by atoms with Gasteiger partial charge in [-0.1, -0.05) is 42.8 Å². The van der Waals surface area contributed by atoms with Crippen molar-refractivity contribution in [3.05, 3.63) is 39.5 Å². The molecule has 1 heterocycles. The first kappa shape index (κ1) is 13.6. The van der Waals surface area contributed by atoms with Gasteiger partial charge in [0.15, 0.2) is 0 Å². The molecule has 4 heteroatoms. The van der Waals surface area contributed by atoms with Crippen LogP contribution in [0.5, 0.6) is 0 Å². The maximum atomic E-state index is 11.9. The number of aromatic nitrogens is 1. The fourth-order valence-electron chi connectivity index (χ4n) is 3.51. The molecular weight excluding hydrogens is 318 g/mol. The van der Waals surface area contributed by atoms with Crippen LogP contribution in [0.25, 0.3) is 10.9 Å². The van der Waals surface area contributed by atoms with Crippen LogP contribution in [0.4, 0.5) is 0 Å². The Morgan fingerprint density at radius 1 is 1.45 bits per heavy atom. The molecule has 0 spiro atoms. The molecule has 0 fully saturated rings. The lowest BCUT2D eigenvalue weighted by Crippen LogP contribution is -2.18. The van der Waals surface area contributed by atoms with Crippen LogP contribution in [-0.2, 0) is 5.41 Å². The molecule has 0 bridgehead atoms. The maximum Gasteiger partial charge on any atom is 0.336 e. The van der Waals surface area contributed by atoms with E-state index in [1.54, 1.807) is 0 Å². The second-order valence-electron chi connectivity index (χ2n) is 6.18. The van der Waals surface area contributed by atoms with E-state index in [0.717, 1.165) is 27.7 Å². The van der Waals surface area contributed by atoms with Gasteiger partial charge in [-0.05, 0) is 35.4 Å². The van der Waals surface area contributed by atoms with E-state index in [-0.39, 0.29) is 5.41 Å². The summed E-state index contributed by atoms with van der Waals surface area (Å²) in [6.45, 7) is 6.33. The van der Waals surface area contributed by atoms with Gasteiger partial charge in [0, 0.05) is 15.6 Å². The summed E-state index contributed by atoms with van der Waals surface area (Å²) < 4.78 is 0.790. The molecule has 1 N–H and O–H groups in total. The minimum Gasteiger partial charge on any atom is -0.478 e. The van der Waals surface area contributed by atoms with Crippen LogP contribution in [0.1, 0.15) is 54.7 Å². The number of fused-ring (bicyclic) bond motifs is 2. The maximum absolute atomic E-state index is 11.9. The van der Waals surface area contributed by atoms with Gasteiger partial charge in [-0.2, -0.15) is 0 Å². The molecule has 1 unspecified atom stereocenters. The van der Waals surface area contributed by atoms with Crippen molar-refractivity contribution in [3.8, 4) is 0 Å². The third-order valence-electron chi connectivity index (χ3n) is 4.16. The number of benzene rings is 1. The van der Waals surface area contributed by atoms with Crippen molar-refractivity contribution in [3.63, 3.8) is 0 Å². The number of carboxylic acid groups (broad SMARTS) is 1. The summed E-state index contributed by atoms with van der Waals surface area (Å²) in [5.41, 5.74) is 2.85. The van der Waals surface area contributed by atoms with Crippen molar-refractivity contribution in [2.75, 3.05) is 0 Å². The highest BCUT2D eigenvalue weighted by Gasteiger charge is 2.40. The number of carbonyl (C=O) groups is 1. The van der Waals surface area contributed by atoms with Crippen molar-refractivity contribution < 1.29 is 9.90 Å². The third kappa shape index (κ3) is 1.78. The molecule has 20 heavy (non-hydrogen) atoms. The molecule has 1 aromatic carbocycles. The zero-order chi connectivity index (χ0) is 14.7. The molecule has 3 nitrogen and oxygen atoms in total. The lowest BCUT2D eigenvalue weighted by atomic mass is 9.83. The highest BCUT2D eigenvalue weighted by molar-refractivity contribution is 9.10. The van der Waals surface area contributed by atoms with Gasteiger partial charge in [0.1, 0.15) is 0 Å². The van der Waals surface area contributed by atoms with E-state index in [2.05, 4.69) is 36.7 Å².